The van der Waals surface area contributed by atoms with Crippen LogP contribution < -0.4 is 0 Å². The first-order valence-electron chi connectivity index (χ1n) is 6.84. The van der Waals surface area contributed by atoms with Gasteiger partial charge >= 0.3 is 0 Å². The molecular formula is C15H22O3S. The normalized spacial score (nSPS) is 18.9. The summed E-state index contributed by atoms with van der Waals surface area (Å²) < 4.78 is 11.1. The van der Waals surface area contributed by atoms with E-state index in [9.17, 15) is 0 Å². The summed E-state index contributed by atoms with van der Waals surface area (Å²) in [4.78, 5) is 0. The average molecular weight is 282 g/mol. The van der Waals surface area contributed by atoms with Gasteiger partial charge in [0, 0.05) is 18.1 Å². The number of rotatable bonds is 8. The summed E-state index contributed by atoms with van der Waals surface area (Å²) in [5.74, 6) is 2.00. The van der Waals surface area contributed by atoms with Crippen molar-refractivity contribution in [2.45, 2.75) is 31.3 Å². The summed E-state index contributed by atoms with van der Waals surface area (Å²) in [6.07, 6.45) is 2.65. The maximum absolute atomic E-state index is 8.96. The topological polar surface area (TPSA) is 38.7 Å². The van der Waals surface area contributed by atoms with Crippen molar-refractivity contribution in [2.75, 3.05) is 25.6 Å². The number of hydrogen-bond acceptors (Lipinski definition) is 4. The Bertz CT molecular complexity index is 347. The lowest BCUT2D eigenvalue weighted by molar-refractivity contribution is 0.0226. The number of thioether (sulfide) groups is 1. The van der Waals surface area contributed by atoms with Gasteiger partial charge in [0.25, 0.3) is 0 Å². The van der Waals surface area contributed by atoms with Gasteiger partial charge in [-0.1, -0.05) is 24.3 Å². The van der Waals surface area contributed by atoms with Crippen LogP contribution in [0.3, 0.4) is 0 Å². The standard InChI is InChI=1S/C15H22O3S/c16-10-13-3-5-14(6-4-13)12-19-9-8-17-11-15-2-1-7-18-15/h3-6,15-16H,1-2,7-12H2. The lowest BCUT2D eigenvalue weighted by atomic mass is 10.2. The highest BCUT2D eigenvalue weighted by molar-refractivity contribution is 7.98. The van der Waals surface area contributed by atoms with E-state index in [0.717, 1.165) is 43.3 Å². The van der Waals surface area contributed by atoms with Crippen LogP contribution in [0.25, 0.3) is 0 Å². The van der Waals surface area contributed by atoms with E-state index in [0.29, 0.717) is 6.10 Å². The summed E-state index contributed by atoms with van der Waals surface area (Å²) in [6, 6.07) is 8.10. The first kappa shape index (κ1) is 14.9. The molecule has 0 spiro atoms. The summed E-state index contributed by atoms with van der Waals surface area (Å²) in [5.41, 5.74) is 2.26. The second kappa shape index (κ2) is 8.59. The summed E-state index contributed by atoms with van der Waals surface area (Å²) in [5, 5.41) is 8.96. The number of benzene rings is 1. The smallest absolute Gasteiger partial charge is 0.0809 e. The number of aliphatic hydroxyl groups excluding tert-OH is 1. The first-order valence-corrected chi connectivity index (χ1v) is 7.99. The molecule has 0 radical (unpaired) electrons. The molecule has 1 aromatic rings. The summed E-state index contributed by atoms with van der Waals surface area (Å²) >= 11 is 1.87. The molecule has 1 N–H and O–H groups in total. The van der Waals surface area contributed by atoms with Crippen LogP contribution in [0.2, 0.25) is 0 Å². The molecule has 0 amide bonds. The summed E-state index contributed by atoms with van der Waals surface area (Å²) in [7, 11) is 0. The van der Waals surface area contributed by atoms with Crippen LogP contribution in [0, 0.1) is 0 Å². The molecule has 0 aliphatic carbocycles. The second-order valence-electron chi connectivity index (χ2n) is 4.74. The Morgan fingerprint density at radius 3 is 2.74 bits per heavy atom. The molecule has 1 aliphatic heterocycles. The molecule has 1 saturated heterocycles. The second-order valence-corrected chi connectivity index (χ2v) is 5.84. The van der Waals surface area contributed by atoms with Gasteiger partial charge in [-0.2, -0.15) is 11.8 Å². The zero-order valence-corrected chi connectivity index (χ0v) is 12.0. The highest BCUT2D eigenvalue weighted by Crippen LogP contribution is 2.14. The number of ether oxygens (including phenoxy) is 2. The van der Waals surface area contributed by atoms with Crippen LogP contribution in [0.1, 0.15) is 24.0 Å². The lowest BCUT2D eigenvalue weighted by Gasteiger charge is -2.09. The van der Waals surface area contributed by atoms with Crippen molar-refractivity contribution < 1.29 is 14.6 Å². The molecule has 0 bridgehead atoms. The molecule has 1 aromatic carbocycles. The number of hydrogen-bond donors (Lipinski definition) is 1. The van der Waals surface area contributed by atoms with Crippen molar-refractivity contribution in [1.29, 1.82) is 0 Å². The highest BCUT2D eigenvalue weighted by Gasteiger charge is 2.14. The molecule has 1 atom stereocenters. The van der Waals surface area contributed by atoms with Crippen LogP contribution in [-0.2, 0) is 21.8 Å². The van der Waals surface area contributed by atoms with E-state index in [2.05, 4.69) is 12.1 Å². The molecule has 2 rings (SSSR count). The molecule has 1 fully saturated rings. The number of aliphatic hydroxyl groups is 1. The third kappa shape index (κ3) is 5.53. The Kier molecular flexibility index (Phi) is 6.71. The van der Waals surface area contributed by atoms with Crippen LogP contribution in [-0.4, -0.2) is 36.8 Å². The van der Waals surface area contributed by atoms with E-state index < -0.39 is 0 Å². The maximum atomic E-state index is 8.96. The molecule has 1 heterocycles. The van der Waals surface area contributed by atoms with Crippen molar-refractivity contribution in [3.05, 3.63) is 35.4 Å². The molecule has 0 aromatic heterocycles. The fraction of sp³-hybridized carbons (Fsp3) is 0.600. The SMILES string of the molecule is OCc1ccc(CSCCOCC2CCCO2)cc1. The molecule has 0 saturated carbocycles. The van der Waals surface area contributed by atoms with Crippen molar-refractivity contribution >= 4 is 11.8 Å². The Balaban J connectivity index is 1.51. The Hall–Kier alpha value is -0.550. The van der Waals surface area contributed by atoms with Crippen LogP contribution in [0.4, 0.5) is 0 Å². The van der Waals surface area contributed by atoms with Crippen molar-refractivity contribution in [3.63, 3.8) is 0 Å². The molecule has 106 valence electrons. The molecule has 1 aliphatic rings. The van der Waals surface area contributed by atoms with Gasteiger partial charge in [0.1, 0.15) is 0 Å². The van der Waals surface area contributed by atoms with E-state index in [1.807, 2.05) is 23.9 Å². The maximum Gasteiger partial charge on any atom is 0.0809 e. The van der Waals surface area contributed by atoms with E-state index >= 15 is 0 Å². The van der Waals surface area contributed by atoms with Crippen LogP contribution in [0.15, 0.2) is 24.3 Å². The van der Waals surface area contributed by atoms with Gasteiger partial charge in [-0.05, 0) is 24.0 Å². The predicted molar refractivity (Wildman–Crippen MR) is 78.3 cm³/mol. The molecule has 3 nitrogen and oxygen atoms in total. The van der Waals surface area contributed by atoms with Gasteiger partial charge in [-0.3, -0.25) is 0 Å². The van der Waals surface area contributed by atoms with Crippen molar-refractivity contribution in [2.24, 2.45) is 0 Å². The zero-order valence-electron chi connectivity index (χ0n) is 11.2. The molecular weight excluding hydrogens is 260 g/mol. The van der Waals surface area contributed by atoms with Crippen molar-refractivity contribution in [1.82, 2.24) is 0 Å². The molecule has 19 heavy (non-hydrogen) atoms. The van der Waals surface area contributed by atoms with Gasteiger partial charge in [-0.25, -0.2) is 0 Å². The first-order chi connectivity index (χ1) is 9.38. The Morgan fingerprint density at radius 1 is 1.26 bits per heavy atom. The molecule has 4 heteroatoms. The van der Waals surface area contributed by atoms with Crippen LogP contribution >= 0.6 is 11.8 Å². The monoisotopic (exact) mass is 282 g/mol. The summed E-state index contributed by atoms with van der Waals surface area (Å²) in [6.45, 7) is 2.54. The van der Waals surface area contributed by atoms with Crippen molar-refractivity contribution in [3.8, 4) is 0 Å². The fourth-order valence-corrected chi connectivity index (χ4v) is 2.85. The van der Waals surface area contributed by atoms with Gasteiger partial charge in [-0.15, -0.1) is 0 Å². The van der Waals surface area contributed by atoms with E-state index in [-0.39, 0.29) is 6.61 Å². The predicted octanol–water partition coefficient (Wildman–Crippen LogP) is 2.61. The van der Waals surface area contributed by atoms with E-state index in [4.69, 9.17) is 14.6 Å². The Morgan fingerprint density at radius 2 is 2.05 bits per heavy atom. The van der Waals surface area contributed by atoms with Gasteiger partial charge in [0.2, 0.25) is 0 Å². The van der Waals surface area contributed by atoms with E-state index in [1.54, 1.807) is 0 Å². The highest BCUT2D eigenvalue weighted by atomic mass is 32.2. The minimum Gasteiger partial charge on any atom is -0.392 e. The minimum atomic E-state index is 0.116. The third-order valence-electron chi connectivity index (χ3n) is 3.17. The average Bonchev–Trinajstić information content (AvgIpc) is 2.96. The quantitative estimate of drug-likeness (QED) is 0.744. The van der Waals surface area contributed by atoms with Gasteiger partial charge in [0.05, 0.1) is 25.9 Å². The Labute approximate surface area is 119 Å². The zero-order chi connectivity index (χ0) is 13.3. The van der Waals surface area contributed by atoms with Crippen LogP contribution in [0.5, 0.6) is 0 Å². The third-order valence-corrected chi connectivity index (χ3v) is 4.17. The minimum absolute atomic E-state index is 0.116. The lowest BCUT2D eigenvalue weighted by Crippen LogP contribution is -2.15. The molecule has 1 unspecified atom stereocenters. The largest absolute Gasteiger partial charge is 0.392 e. The van der Waals surface area contributed by atoms with E-state index in [1.165, 1.54) is 12.0 Å². The van der Waals surface area contributed by atoms with Gasteiger partial charge < -0.3 is 14.6 Å². The van der Waals surface area contributed by atoms with Gasteiger partial charge in [0.15, 0.2) is 0 Å². The fourth-order valence-electron chi connectivity index (χ4n) is 2.04.